The van der Waals surface area contributed by atoms with Gasteiger partial charge in [-0.15, -0.1) is 0 Å². The van der Waals surface area contributed by atoms with Crippen LogP contribution in [0.5, 0.6) is 0 Å². The molecule has 0 aliphatic carbocycles. The number of fused-ring (bicyclic) bond motifs is 1. The second-order valence-corrected chi connectivity index (χ2v) is 8.59. The summed E-state index contributed by atoms with van der Waals surface area (Å²) in [4.78, 5) is 45.9. The van der Waals surface area contributed by atoms with Crippen molar-refractivity contribution in [2.75, 3.05) is 18.4 Å². The SMILES string of the molecule is O=C(Nc1cccc(C(=O)O)c1)OC1CCN(C(=O)c2ccc(-c3nc4ccccc4[nH]3)cc2)CC1. The Bertz CT molecular complexity index is 1390. The van der Waals surface area contributed by atoms with Crippen LogP contribution in [0.25, 0.3) is 22.4 Å². The van der Waals surface area contributed by atoms with Gasteiger partial charge >= 0.3 is 12.1 Å². The fraction of sp³-hybridized carbons (Fsp3) is 0.185. The fourth-order valence-corrected chi connectivity index (χ4v) is 4.25. The number of likely N-dealkylation sites (tertiary alicyclic amines) is 1. The third-order valence-corrected chi connectivity index (χ3v) is 6.15. The van der Waals surface area contributed by atoms with E-state index in [-0.39, 0.29) is 17.6 Å². The summed E-state index contributed by atoms with van der Waals surface area (Å²) in [7, 11) is 0. The summed E-state index contributed by atoms with van der Waals surface area (Å²) in [5.41, 5.74) is 3.75. The first kappa shape index (κ1) is 23.1. The Morgan fingerprint density at radius 2 is 1.69 bits per heavy atom. The van der Waals surface area contributed by atoms with Crippen LogP contribution in [0.2, 0.25) is 0 Å². The van der Waals surface area contributed by atoms with Gasteiger partial charge in [0.05, 0.1) is 16.6 Å². The molecule has 0 saturated carbocycles. The number of carbonyl (C=O) groups excluding carboxylic acids is 2. The van der Waals surface area contributed by atoms with Gasteiger partial charge in [0, 0.05) is 42.7 Å². The molecular formula is C27H24N4O5. The maximum Gasteiger partial charge on any atom is 0.411 e. The van der Waals surface area contributed by atoms with E-state index in [1.54, 1.807) is 29.2 Å². The van der Waals surface area contributed by atoms with E-state index in [1.807, 2.05) is 36.4 Å². The fourth-order valence-electron chi connectivity index (χ4n) is 4.25. The number of H-pyrrole nitrogens is 1. The zero-order valence-corrected chi connectivity index (χ0v) is 19.3. The lowest BCUT2D eigenvalue weighted by molar-refractivity contribution is 0.0467. The monoisotopic (exact) mass is 484 g/mol. The molecule has 9 nitrogen and oxygen atoms in total. The van der Waals surface area contributed by atoms with Crippen LogP contribution in [0, 0.1) is 0 Å². The molecular weight excluding hydrogens is 460 g/mol. The molecule has 3 aromatic carbocycles. The molecule has 1 aromatic heterocycles. The number of amides is 2. The van der Waals surface area contributed by atoms with Crippen LogP contribution in [-0.4, -0.2) is 57.1 Å². The van der Waals surface area contributed by atoms with Crippen LogP contribution in [0.1, 0.15) is 33.6 Å². The highest BCUT2D eigenvalue weighted by atomic mass is 16.6. The second kappa shape index (κ2) is 9.91. The van der Waals surface area contributed by atoms with Crippen molar-refractivity contribution in [2.45, 2.75) is 18.9 Å². The number of carboxylic acid groups (broad SMARTS) is 1. The molecule has 1 aliphatic heterocycles. The number of anilines is 1. The molecule has 0 atom stereocenters. The van der Waals surface area contributed by atoms with Crippen molar-refractivity contribution in [1.29, 1.82) is 0 Å². The Kier molecular flexibility index (Phi) is 6.36. The number of piperidine rings is 1. The molecule has 0 bridgehead atoms. The zero-order valence-electron chi connectivity index (χ0n) is 19.3. The first-order chi connectivity index (χ1) is 17.5. The number of aromatic carboxylic acids is 1. The average Bonchev–Trinajstić information content (AvgIpc) is 3.33. The van der Waals surface area contributed by atoms with E-state index >= 15 is 0 Å². The van der Waals surface area contributed by atoms with Gasteiger partial charge in [0.1, 0.15) is 11.9 Å². The van der Waals surface area contributed by atoms with Crippen LogP contribution in [-0.2, 0) is 4.74 Å². The number of benzene rings is 3. The molecule has 0 spiro atoms. The second-order valence-electron chi connectivity index (χ2n) is 8.59. The minimum absolute atomic E-state index is 0.0699. The van der Waals surface area contributed by atoms with Crippen molar-refractivity contribution >= 4 is 34.7 Å². The molecule has 3 N–H and O–H groups in total. The third-order valence-electron chi connectivity index (χ3n) is 6.15. The van der Waals surface area contributed by atoms with Crippen molar-refractivity contribution in [3.8, 4) is 11.4 Å². The van der Waals surface area contributed by atoms with E-state index in [4.69, 9.17) is 9.84 Å². The van der Waals surface area contributed by atoms with Gasteiger partial charge in [-0.2, -0.15) is 0 Å². The summed E-state index contributed by atoms with van der Waals surface area (Å²) < 4.78 is 5.47. The molecule has 1 fully saturated rings. The van der Waals surface area contributed by atoms with Crippen molar-refractivity contribution in [3.05, 3.63) is 83.9 Å². The number of nitrogens with zero attached hydrogens (tertiary/aromatic N) is 2. The molecule has 5 rings (SSSR count). The molecule has 2 amide bonds. The van der Waals surface area contributed by atoms with Crippen LogP contribution in [0.3, 0.4) is 0 Å². The first-order valence-corrected chi connectivity index (χ1v) is 11.6. The number of carboxylic acids is 1. The smallest absolute Gasteiger partial charge is 0.411 e. The lowest BCUT2D eigenvalue weighted by atomic mass is 10.1. The van der Waals surface area contributed by atoms with Crippen LogP contribution < -0.4 is 5.32 Å². The van der Waals surface area contributed by atoms with E-state index in [0.29, 0.717) is 37.2 Å². The van der Waals surface area contributed by atoms with Gasteiger partial charge in [0.25, 0.3) is 5.91 Å². The van der Waals surface area contributed by atoms with E-state index in [9.17, 15) is 14.4 Å². The number of ether oxygens (including phenoxy) is 1. The number of imidazole rings is 1. The number of para-hydroxylation sites is 2. The van der Waals surface area contributed by atoms with Gasteiger partial charge < -0.3 is 19.7 Å². The molecule has 4 aromatic rings. The highest BCUT2D eigenvalue weighted by Gasteiger charge is 2.26. The van der Waals surface area contributed by atoms with Gasteiger partial charge in [-0.1, -0.05) is 30.3 Å². The number of aromatic amines is 1. The molecule has 0 unspecified atom stereocenters. The van der Waals surface area contributed by atoms with Gasteiger partial charge in [-0.05, 0) is 42.5 Å². The van der Waals surface area contributed by atoms with Gasteiger partial charge in [0.2, 0.25) is 0 Å². The topological polar surface area (TPSA) is 125 Å². The molecule has 9 heteroatoms. The van der Waals surface area contributed by atoms with Crippen molar-refractivity contribution < 1.29 is 24.2 Å². The normalized spacial score (nSPS) is 13.9. The van der Waals surface area contributed by atoms with Crippen molar-refractivity contribution in [2.24, 2.45) is 0 Å². The van der Waals surface area contributed by atoms with E-state index in [2.05, 4.69) is 15.3 Å². The van der Waals surface area contributed by atoms with Gasteiger partial charge in [0.15, 0.2) is 0 Å². The molecule has 1 aliphatic rings. The lowest BCUT2D eigenvalue weighted by Gasteiger charge is -2.31. The molecule has 2 heterocycles. The number of hydrogen-bond donors (Lipinski definition) is 3. The number of rotatable bonds is 5. The predicted molar refractivity (Wildman–Crippen MR) is 134 cm³/mol. The summed E-state index contributed by atoms with van der Waals surface area (Å²) in [5.74, 6) is -0.395. The summed E-state index contributed by atoms with van der Waals surface area (Å²) in [5, 5.41) is 11.6. The van der Waals surface area contributed by atoms with E-state index in [1.165, 1.54) is 12.1 Å². The first-order valence-electron chi connectivity index (χ1n) is 11.6. The number of aromatic nitrogens is 2. The van der Waals surface area contributed by atoms with Gasteiger partial charge in [-0.3, -0.25) is 10.1 Å². The Hall–Kier alpha value is -4.66. The number of carbonyl (C=O) groups is 3. The lowest BCUT2D eigenvalue weighted by Crippen LogP contribution is -2.41. The number of hydrogen-bond acceptors (Lipinski definition) is 5. The Balaban J connectivity index is 1.14. The van der Waals surface area contributed by atoms with E-state index in [0.717, 1.165) is 22.4 Å². The van der Waals surface area contributed by atoms with Crippen LogP contribution in [0.4, 0.5) is 10.5 Å². The standard InChI is InChI=1S/C27H24N4O5/c32-25(18-10-8-17(9-11-18)24-29-22-6-1-2-7-23(22)30-24)31-14-12-21(13-15-31)36-27(35)28-20-5-3-4-19(16-20)26(33)34/h1-11,16,21H,12-15H2,(H,28,35)(H,29,30)(H,33,34). The predicted octanol–water partition coefficient (Wildman–Crippen LogP) is 4.78. The maximum atomic E-state index is 13.0. The minimum atomic E-state index is -1.08. The summed E-state index contributed by atoms with van der Waals surface area (Å²) in [6.45, 7) is 0.938. The largest absolute Gasteiger partial charge is 0.478 e. The summed E-state index contributed by atoms with van der Waals surface area (Å²) >= 11 is 0. The van der Waals surface area contributed by atoms with Gasteiger partial charge in [-0.25, -0.2) is 14.6 Å². The highest BCUT2D eigenvalue weighted by Crippen LogP contribution is 2.22. The van der Waals surface area contributed by atoms with Crippen molar-refractivity contribution in [3.63, 3.8) is 0 Å². The minimum Gasteiger partial charge on any atom is -0.478 e. The Labute approximate surface area is 206 Å². The third kappa shape index (κ3) is 5.05. The zero-order chi connectivity index (χ0) is 25.1. The van der Waals surface area contributed by atoms with Crippen LogP contribution >= 0.6 is 0 Å². The average molecular weight is 485 g/mol. The van der Waals surface area contributed by atoms with E-state index < -0.39 is 12.1 Å². The maximum absolute atomic E-state index is 13.0. The highest BCUT2D eigenvalue weighted by molar-refractivity contribution is 5.95. The quantitative estimate of drug-likeness (QED) is 0.374. The number of nitrogens with one attached hydrogen (secondary N) is 2. The molecule has 1 saturated heterocycles. The van der Waals surface area contributed by atoms with Crippen molar-refractivity contribution in [1.82, 2.24) is 14.9 Å². The molecule has 182 valence electrons. The summed E-state index contributed by atoms with van der Waals surface area (Å²) in [6, 6.07) is 21.1. The molecule has 36 heavy (non-hydrogen) atoms. The Morgan fingerprint density at radius 3 is 2.42 bits per heavy atom. The summed E-state index contributed by atoms with van der Waals surface area (Å²) in [6.07, 6.45) is 0.0622. The van der Waals surface area contributed by atoms with Crippen LogP contribution in [0.15, 0.2) is 72.8 Å². The Morgan fingerprint density at radius 1 is 0.944 bits per heavy atom. The molecule has 0 radical (unpaired) electrons.